The number of H-pyrrole nitrogens is 1. The Morgan fingerprint density at radius 1 is 1.50 bits per heavy atom. The zero-order valence-electron chi connectivity index (χ0n) is 5.85. The molecule has 0 fully saturated rings. The van der Waals surface area contributed by atoms with Crippen molar-refractivity contribution in [3.63, 3.8) is 0 Å². The van der Waals surface area contributed by atoms with Gasteiger partial charge in [-0.05, 0) is 0 Å². The first-order valence-electron chi connectivity index (χ1n) is 2.85. The van der Waals surface area contributed by atoms with Gasteiger partial charge in [0, 0.05) is 12.1 Å². The summed E-state index contributed by atoms with van der Waals surface area (Å²) in [5, 5.41) is 5.08. The van der Waals surface area contributed by atoms with Gasteiger partial charge in [0.2, 0.25) is 0 Å². The molecule has 0 bridgehead atoms. The summed E-state index contributed by atoms with van der Waals surface area (Å²) in [6.07, 6.45) is -3.31. The van der Waals surface area contributed by atoms with Crippen molar-refractivity contribution in [3.8, 4) is 0 Å². The average molecular weight is 202 g/mol. The van der Waals surface area contributed by atoms with Crippen LogP contribution in [0, 0.1) is 0 Å². The summed E-state index contributed by atoms with van der Waals surface area (Å²) in [6, 6.07) is 0. The fourth-order valence-electron chi connectivity index (χ4n) is 0.711. The third kappa shape index (κ3) is 2.12. The summed E-state index contributed by atoms with van der Waals surface area (Å²) in [5.74, 6) is 0. The second-order valence-corrected chi connectivity index (χ2v) is 1.97. The van der Waals surface area contributed by atoms with Gasteiger partial charge in [-0.15, -0.1) is 12.4 Å². The monoisotopic (exact) mass is 201 g/mol. The van der Waals surface area contributed by atoms with Crippen LogP contribution in [0.15, 0.2) is 6.20 Å². The van der Waals surface area contributed by atoms with Gasteiger partial charge in [0.1, 0.15) is 5.69 Å². The van der Waals surface area contributed by atoms with Crippen LogP contribution in [0.4, 0.5) is 13.2 Å². The SMILES string of the molecule is Cl.NCc1cn[nH]c1C(F)(F)F. The van der Waals surface area contributed by atoms with E-state index in [2.05, 4.69) is 5.10 Å². The van der Waals surface area contributed by atoms with Crippen LogP contribution in [0.2, 0.25) is 0 Å². The van der Waals surface area contributed by atoms with Crippen LogP contribution in [-0.2, 0) is 12.7 Å². The van der Waals surface area contributed by atoms with Crippen LogP contribution in [0.5, 0.6) is 0 Å². The molecule has 0 radical (unpaired) electrons. The molecule has 0 aromatic carbocycles. The second-order valence-electron chi connectivity index (χ2n) is 1.97. The molecule has 1 heterocycles. The molecule has 0 spiro atoms. The summed E-state index contributed by atoms with van der Waals surface area (Å²) in [7, 11) is 0. The van der Waals surface area contributed by atoms with Crippen LogP contribution >= 0.6 is 12.4 Å². The highest BCUT2D eigenvalue weighted by molar-refractivity contribution is 5.85. The van der Waals surface area contributed by atoms with Crippen LogP contribution in [0.1, 0.15) is 11.3 Å². The van der Waals surface area contributed by atoms with Crippen molar-refractivity contribution in [2.24, 2.45) is 5.73 Å². The van der Waals surface area contributed by atoms with Crippen LogP contribution in [0.25, 0.3) is 0 Å². The van der Waals surface area contributed by atoms with E-state index in [4.69, 9.17) is 5.73 Å². The van der Waals surface area contributed by atoms with Gasteiger partial charge in [-0.25, -0.2) is 0 Å². The molecule has 0 aliphatic heterocycles. The van der Waals surface area contributed by atoms with Gasteiger partial charge in [0.15, 0.2) is 0 Å². The molecule has 3 N–H and O–H groups in total. The van der Waals surface area contributed by atoms with Crippen LogP contribution < -0.4 is 5.73 Å². The quantitative estimate of drug-likeness (QED) is 0.720. The number of rotatable bonds is 1. The highest BCUT2D eigenvalue weighted by Crippen LogP contribution is 2.29. The first-order chi connectivity index (χ1) is 5.05. The fourth-order valence-corrected chi connectivity index (χ4v) is 0.711. The number of hydrogen-bond donors (Lipinski definition) is 2. The maximum absolute atomic E-state index is 11.9. The third-order valence-corrected chi connectivity index (χ3v) is 1.22. The van der Waals surface area contributed by atoms with Crippen molar-refractivity contribution in [3.05, 3.63) is 17.5 Å². The van der Waals surface area contributed by atoms with Crippen molar-refractivity contribution < 1.29 is 13.2 Å². The Labute approximate surface area is 72.5 Å². The lowest BCUT2D eigenvalue weighted by molar-refractivity contribution is -0.141. The van der Waals surface area contributed by atoms with E-state index in [0.717, 1.165) is 6.20 Å². The molecular weight excluding hydrogens is 195 g/mol. The van der Waals surface area contributed by atoms with E-state index < -0.39 is 11.9 Å². The Morgan fingerprint density at radius 2 is 2.08 bits per heavy atom. The summed E-state index contributed by atoms with van der Waals surface area (Å²) >= 11 is 0. The molecule has 1 rings (SSSR count). The van der Waals surface area contributed by atoms with E-state index in [0.29, 0.717) is 0 Å². The molecule has 0 unspecified atom stereocenters. The van der Waals surface area contributed by atoms with Gasteiger partial charge in [-0.3, -0.25) is 5.10 Å². The number of hydrogen-bond acceptors (Lipinski definition) is 2. The third-order valence-electron chi connectivity index (χ3n) is 1.22. The van der Waals surface area contributed by atoms with Crippen LogP contribution in [0.3, 0.4) is 0 Å². The number of halogens is 4. The van der Waals surface area contributed by atoms with E-state index in [1.165, 1.54) is 0 Å². The number of nitrogens with two attached hydrogens (primary N) is 1. The molecule has 70 valence electrons. The van der Waals surface area contributed by atoms with Crippen molar-refractivity contribution in [1.29, 1.82) is 0 Å². The Morgan fingerprint density at radius 3 is 2.42 bits per heavy atom. The highest BCUT2D eigenvalue weighted by Gasteiger charge is 2.34. The van der Waals surface area contributed by atoms with E-state index in [1.807, 2.05) is 5.10 Å². The molecule has 12 heavy (non-hydrogen) atoms. The fraction of sp³-hybridized carbons (Fsp3) is 0.400. The highest BCUT2D eigenvalue weighted by atomic mass is 35.5. The van der Waals surface area contributed by atoms with Crippen molar-refractivity contribution in [1.82, 2.24) is 10.2 Å². The normalized spacial score (nSPS) is 11.0. The molecule has 1 aromatic rings. The molecule has 0 atom stereocenters. The summed E-state index contributed by atoms with van der Waals surface area (Å²) in [5.41, 5.74) is 4.15. The van der Waals surface area contributed by atoms with Gasteiger partial charge in [-0.1, -0.05) is 0 Å². The summed E-state index contributed by atoms with van der Waals surface area (Å²) in [6.45, 7) is -0.161. The first-order valence-corrected chi connectivity index (χ1v) is 2.85. The van der Waals surface area contributed by atoms with Crippen molar-refractivity contribution >= 4 is 12.4 Å². The standard InChI is InChI=1S/C5H6F3N3.ClH/c6-5(7,8)4-3(1-9)2-10-11-4;/h2H,1,9H2,(H,10,11);1H. The minimum Gasteiger partial charge on any atom is -0.326 e. The Kier molecular flexibility index (Phi) is 3.54. The van der Waals surface area contributed by atoms with Gasteiger partial charge >= 0.3 is 6.18 Å². The molecule has 0 aliphatic rings. The predicted octanol–water partition coefficient (Wildman–Crippen LogP) is 1.31. The topological polar surface area (TPSA) is 54.7 Å². The lowest BCUT2D eigenvalue weighted by Crippen LogP contribution is -2.10. The van der Waals surface area contributed by atoms with Gasteiger partial charge in [0.25, 0.3) is 0 Å². The molecule has 0 aliphatic carbocycles. The average Bonchev–Trinajstić information content (AvgIpc) is 2.31. The molecule has 0 saturated carbocycles. The van der Waals surface area contributed by atoms with Gasteiger partial charge < -0.3 is 5.73 Å². The molecule has 0 saturated heterocycles. The van der Waals surface area contributed by atoms with E-state index in [-0.39, 0.29) is 24.5 Å². The first kappa shape index (κ1) is 11.2. The number of aromatic nitrogens is 2. The van der Waals surface area contributed by atoms with Crippen molar-refractivity contribution in [2.75, 3.05) is 0 Å². The van der Waals surface area contributed by atoms with E-state index >= 15 is 0 Å². The van der Waals surface area contributed by atoms with Gasteiger partial charge in [-0.2, -0.15) is 18.3 Å². The largest absolute Gasteiger partial charge is 0.433 e. The zero-order valence-corrected chi connectivity index (χ0v) is 6.67. The van der Waals surface area contributed by atoms with E-state index in [1.54, 1.807) is 0 Å². The minimum atomic E-state index is -4.38. The van der Waals surface area contributed by atoms with Gasteiger partial charge in [0.05, 0.1) is 6.20 Å². The minimum absolute atomic E-state index is 0. The molecule has 3 nitrogen and oxygen atoms in total. The molecule has 7 heteroatoms. The lowest BCUT2D eigenvalue weighted by Gasteiger charge is -2.04. The second kappa shape index (κ2) is 3.77. The van der Waals surface area contributed by atoms with Crippen molar-refractivity contribution in [2.45, 2.75) is 12.7 Å². The number of aromatic amines is 1. The number of alkyl halides is 3. The maximum atomic E-state index is 11.9. The number of nitrogens with one attached hydrogen (secondary N) is 1. The molecule has 0 amide bonds. The predicted molar refractivity (Wildman–Crippen MR) is 38.7 cm³/mol. The zero-order chi connectivity index (χ0) is 8.48. The molecule has 1 aromatic heterocycles. The summed E-state index contributed by atoms with van der Waals surface area (Å²) in [4.78, 5) is 0. The van der Waals surface area contributed by atoms with E-state index in [9.17, 15) is 13.2 Å². The Bertz CT molecular complexity index is 244. The maximum Gasteiger partial charge on any atom is 0.433 e. The Hall–Kier alpha value is -0.750. The Balaban J connectivity index is 0.00000121. The lowest BCUT2D eigenvalue weighted by atomic mass is 10.2. The van der Waals surface area contributed by atoms with Crippen LogP contribution in [-0.4, -0.2) is 10.2 Å². The summed E-state index contributed by atoms with van der Waals surface area (Å²) < 4.78 is 35.8. The smallest absolute Gasteiger partial charge is 0.326 e. The number of nitrogens with zero attached hydrogens (tertiary/aromatic N) is 1. The molecular formula is C5H7ClF3N3.